The Kier molecular flexibility index (Phi) is 1.42. The van der Waals surface area contributed by atoms with Crippen molar-refractivity contribution in [1.82, 2.24) is 0 Å². The Hall–Kier alpha value is -1.11. The fourth-order valence-electron chi connectivity index (χ4n) is 0.492. The molecule has 0 aliphatic rings. The highest BCUT2D eigenvalue weighted by Crippen LogP contribution is 1.73. The molecule has 1 N–H and O–H groups in total. The van der Waals surface area contributed by atoms with Gasteiger partial charge in [0.05, 0.1) is 0 Å². The molecule has 0 saturated carbocycles. The lowest BCUT2D eigenvalue weighted by molar-refractivity contribution is 0.578. The van der Waals surface area contributed by atoms with E-state index in [1.165, 1.54) is 0 Å². The van der Waals surface area contributed by atoms with Crippen LogP contribution >= 0.6 is 0 Å². The minimum atomic E-state index is 0.301. The molecule has 1 rings (SSSR count). The molecule has 0 bridgehead atoms. The standard InChI is InChI=1S/C7H6O/c8-7-5-3-1-2-4-6-7/h1-6H/p+1. The Balaban J connectivity index is 3.32. The van der Waals surface area contributed by atoms with Gasteiger partial charge in [0.1, 0.15) is 0 Å². The second-order valence-corrected chi connectivity index (χ2v) is 1.53. The molecule has 0 spiro atoms. The van der Waals surface area contributed by atoms with Gasteiger partial charge in [-0.1, -0.05) is 24.3 Å². The highest BCUT2D eigenvalue weighted by atomic mass is 16.1. The van der Waals surface area contributed by atoms with E-state index in [-0.39, 0.29) is 0 Å². The second kappa shape index (κ2) is 2.26. The second-order valence-electron chi connectivity index (χ2n) is 1.53. The van der Waals surface area contributed by atoms with Crippen molar-refractivity contribution in [1.29, 1.82) is 0 Å². The van der Waals surface area contributed by atoms with E-state index >= 15 is 0 Å². The average molecular weight is 107 g/mol. The zero-order valence-corrected chi connectivity index (χ0v) is 4.41. The third kappa shape index (κ3) is 1.19. The summed E-state index contributed by atoms with van der Waals surface area (Å²) in [6, 6.07) is 10.6. The molecule has 0 aliphatic carbocycles. The van der Waals surface area contributed by atoms with Crippen LogP contribution in [-0.2, 0) is 0 Å². The normalized spacial score (nSPS) is 8.50. The Morgan fingerprint density at radius 1 is 0.875 bits per heavy atom. The molecule has 0 amide bonds. The van der Waals surface area contributed by atoms with E-state index in [0.717, 1.165) is 0 Å². The minimum absolute atomic E-state index is 0.301. The fraction of sp³-hybridized carbons (Fsp3) is 0. The van der Waals surface area contributed by atoms with Gasteiger partial charge in [-0.05, 0) is 0 Å². The van der Waals surface area contributed by atoms with Crippen molar-refractivity contribution in [3.63, 3.8) is 0 Å². The lowest BCUT2D eigenvalue weighted by atomic mass is 10.5. The van der Waals surface area contributed by atoms with Gasteiger partial charge in [0.15, 0.2) is 0 Å². The van der Waals surface area contributed by atoms with E-state index in [4.69, 9.17) is 4.79 Å². The third-order valence-electron chi connectivity index (χ3n) is 0.867. The summed E-state index contributed by atoms with van der Waals surface area (Å²) in [7, 11) is 0. The third-order valence-corrected chi connectivity index (χ3v) is 0.867. The molecule has 8 heavy (non-hydrogen) atoms. The van der Waals surface area contributed by atoms with Gasteiger partial charge >= 0.3 is 5.43 Å². The maximum Gasteiger partial charge on any atom is 0.340 e. The number of rotatable bonds is 0. The fourth-order valence-corrected chi connectivity index (χ4v) is 0.492. The molecule has 40 valence electrons. The summed E-state index contributed by atoms with van der Waals surface area (Å²) in [4.78, 5) is 8.79. The summed E-state index contributed by atoms with van der Waals surface area (Å²) in [5.74, 6) is 0. The summed E-state index contributed by atoms with van der Waals surface area (Å²) < 4.78 is 0. The quantitative estimate of drug-likeness (QED) is 0.435. The van der Waals surface area contributed by atoms with Gasteiger partial charge in [0.25, 0.3) is 0 Å². The summed E-state index contributed by atoms with van der Waals surface area (Å²) in [5, 5.41) is 0. The van der Waals surface area contributed by atoms with Gasteiger partial charge in [-0.25, -0.2) is 0 Å². The summed E-state index contributed by atoms with van der Waals surface area (Å²) in [6.07, 6.45) is 0. The van der Waals surface area contributed by atoms with E-state index in [2.05, 4.69) is 0 Å². The molecule has 0 aliphatic heterocycles. The number of hydrogen-bond acceptors (Lipinski definition) is 0. The lowest BCUT2D eigenvalue weighted by Gasteiger charge is -1.52. The average Bonchev–Trinajstić information content (AvgIpc) is 1.94. The Labute approximate surface area is 47.6 Å². The smallest absolute Gasteiger partial charge is 0.274 e. The molecule has 0 heterocycles. The minimum Gasteiger partial charge on any atom is -0.274 e. The number of hydrogen-bond donors (Lipinski definition) is 0. The Morgan fingerprint density at radius 3 is 1.88 bits per heavy atom. The van der Waals surface area contributed by atoms with Crippen LogP contribution in [0.15, 0.2) is 36.4 Å². The first-order chi connectivity index (χ1) is 3.89. The molecule has 0 fully saturated rings. The predicted octanol–water partition coefficient (Wildman–Crippen LogP) is 0.691. The van der Waals surface area contributed by atoms with E-state index in [9.17, 15) is 0 Å². The predicted molar refractivity (Wildman–Crippen MR) is 31.5 cm³/mol. The summed E-state index contributed by atoms with van der Waals surface area (Å²) >= 11 is 0. The zero-order valence-electron chi connectivity index (χ0n) is 4.41. The van der Waals surface area contributed by atoms with Crippen molar-refractivity contribution in [2.75, 3.05) is 0 Å². The monoisotopic (exact) mass is 107 g/mol. The maximum absolute atomic E-state index is 8.79. The topological polar surface area (TPSA) is 21.4 Å². The first-order valence-corrected chi connectivity index (χ1v) is 2.47. The molecular weight excluding hydrogens is 100 g/mol. The van der Waals surface area contributed by atoms with Crippen LogP contribution in [0.1, 0.15) is 0 Å². The van der Waals surface area contributed by atoms with Crippen molar-refractivity contribution >= 4 is 0 Å². The molecule has 0 saturated heterocycles. The van der Waals surface area contributed by atoms with Crippen LogP contribution in [0.4, 0.5) is 0 Å². The lowest BCUT2D eigenvalue weighted by Crippen LogP contribution is -1.91. The van der Waals surface area contributed by atoms with Gasteiger partial charge in [-0.2, -0.15) is 0 Å². The van der Waals surface area contributed by atoms with Crippen molar-refractivity contribution in [3.05, 3.63) is 41.8 Å². The molecule has 0 radical (unpaired) electrons. The highest BCUT2D eigenvalue weighted by molar-refractivity contribution is 4.97. The molecule has 1 nitrogen and oxygen atoms in total. The van der Waals surface area contributed by atoms with Crippen LogP contribution < -0.4 is 5.43 Å². The van der Waals surface area contributed by atoms with Crippen molar-refractivity contribution < 1.29 is 4.79 Å². The van der Waals surface area contributed by atoms with Crippen LogP contribution in [0.3, 0.4) is 0 Å². The van der Waals surface area contributed by atoms with Gasteiger partial charge in [-0.15, -0.1) is 0 Å². The van der Waals surface area contributed by atoms with Gasteiger partial charge < -0.3 is 0 Å². The first-order valence-electron chi connectivity index (χ1n) is 2.47. The SMILES string of the molecule is [OH+]=c1cccccc1. The van der Waals surface area contributed by atoms with E-state index in [1.54, 1.807) is 24.3 Å². The Bertz CT molecular complexity index is 195. The molecule has 1 heteroatoms. The van der Waals surface area contributed by atoms with Crippen molar-refractivity contribution in [3.8, 4) is 0 Å². The molecular formula is C7H7O+. The summed E-state index contributed by atoms with van der Waals surface area (Å²) in [6.45, 7) is 0. The first kappa shape index (κ1) is 5.04. The highest BCUT2D eigenvalue weighted by Gasteiger charge is 1.76. The van der Waals surface area contributed by atoms with Crippen LogP contribution in [-0.4, -0.2) is 4.79 Å². The van der Waals surface area contributed by atoms with Crippen LogP contribution in [0.5, 0.6) is 0 Å². The van der Waals surface area contributed by atoms with Crippen LogP contribution in [0, 0.1) is 0 Å². The van der Waals surface area contributed by atoms with E-state index in [0.29, 0.717) is 5.43 Å². The van der Waals surface area contributed by atoms with Crippen LogP contribution in [0.25, 0.3) is 0 Å². The molecule has 0 unspecified atom stereocenters. The molecule has 0 aromatic heterocycles. The van der Waals surface area contributed by atoms with Crippen LogP contribution in [0.2, 0.25) is 0 Å². The zero-order chi connectivity index (χ0) is 5.82. The van der Waals surface area contributed by atoms with Crippen molar-refractivity contribution in [2.24, 2.45) is 0 Å². The van der Waals surface area contributed by atoms with E-state index in [1.807, 2.05) is 12.1 Å². The summed E-state index contributed by atoms with van der Waals surface area (Å²) in [5.41, 5.74) is 0.301. The van der Waals surface area contributed by atoms with E-state index < -0.39 is 0 Å². The molecule has 0 atom stereocenters. The van der Waals surface area contributed by atoms with Gasteiger partial charge in [0, 0.05) is 12.1 Å². The largest absolute Gasteiger partial charge is 0.340 e. The van der Waals surface area contributed by atoms with Gasteiger partial charge in [0.2, 0.25) is 0 Å². The van der Waals surface area contributed by atoms with Gasteiger partial charge in [-0.3, -0.25) is 4.79 Å². The molecule has 1 aromatic rings. The Morgan fingerprint density at radius 2 is 1.38 bits per heavy atom. The maximum atomic E-state index is 8.79. The molecule has 1 aromatic carbocycles. The van der Waals surface area contributed by atoms with Crippen molar-refractivity contribution in [2.45, 2.75) is 0 Å².